The number of nitrogens with zero attached hydrogens (tertiary/aromatic N) is 1. The minimum atomic E-state index is -3.71. The van der Waals surface area contributed by atoms with Crippen LogP contribution in [0.5, 0.6) is 0 Å². The standard InChI is InChI=1S/C24H33Cl2N3O6S/c1-29-16-22(21-14-19(25)15-24(26)23(21)17-29)18-3-2-4-20(13-18)36(31,32)28-6-8-34-10-12-35-11-9-33-7-5-27-30/h2-4,13-15,22,27-28,30H,5-12,16-17H2,1H3. The monoisotopic (exact) mass is 561 g/mol. The molecule has 1 heterocycles. The van der Waals surface area contributed by atoms with Gasteiger partial charge in [-0.15, -0.1) is 0 Å². The third kappa shape index (κ3) is 8.63. The number of sulfonamides is 1. The lowest BCUT2D eigenvalue weighted by molar-refractivity contribution is 0.0113. The van der Waals surface area contributed by atoms with Crippen LogP contribution in [0.4, 0.5) is 0 Å². The highest BCUT2D eigenvalue weighted by atomic mass is 35.5. The Hall–Kier alpha value is -1.31. The molecular formula is C24H33Cl2N3O6S. The van der Waals surface area contributed by atoms with Crippen molar-refractivity contribution in [1.29, 1.82) is 0 Å². The number of ether oxygens (including phenoxy) is 3. The highest BCUT2D eigenvalue weighted by Gasteiger charge is 2.28. The van der Waals surface area contributed by atoms with Gasteiger partial charge >= 0.3 is 0 Å². The number of halogens is 2. The number of hydrogen-bond donors (Lipinski definition) is 3. The van der Waals surface area contributed by atoms with Gasteiger partial charge in [-0.25, -0.2) is 18.6 Å². The molecule has 0 radical (unpaired) electrons. The van der Waals surface area contributed by atoms with Gasteiger partial charge in [-0.05, 0) is 48.0 Å². The van der Waals surface area contributed by atoms with Crippen LogP contribution in [0.25, 0.3) is 0 Å². The molecular weight excluding hydrogens is 529 g/mol. The molecule has 12 heteroatoms. The Bertz CT molecular complexity index is 1090. The molecule has 0 spiro atoms. The van der Waals surface area contributed by atoms with E-state index in [0.717, 1.165) is 23.2 Å². The fourth-order valence-electron chi connectivity index (χ4n) is 4.02. The van der Waals surface area contributed by atoms with Gasteiger partial charge in [-0.1, -0.05) is 35.3 Å². The number of rotatable bonds is 15. The molecule has 3 rings (SSSR count). The van der Waals surface area contributed by atoms with E-state index >= 15 is 0 Å². The second-order valence-corrected chi connectivity index (χ2v) is 11.0. The minimum absolute atomic E-state index is 0.0508. The lowest BCUT2D eigenvalue weighted by Crippen LogP contribution is -2.31. The van der Waals surface area contributed by atoms with E-state index in [0.29, 0.717) is 56.2 Å². The van der Waals surface area contributed by atoms with Crippen molar-refractivity contribution >= 4 is 33.2 Å². The molecule has 0 aromatic heterocycles. The van der Waals surface area contributed by atoms with Crippen LogP contribution in [0.15, 0.2) is 41.3 Å². The molecule has 1 unspecified atom stereocenters. The number of fused-ring (bicyclic) bond motifs is 1. The van der Waals surface area contributed by atoms with Crippen LogP contribution in [-0.4, -0.2) is 84.8 Å². The van der Waals surface area contributed by atoms with Crippen molar-refractivity contribution < 1.29 is 27.8 Å². The molecule has 2 aromatic carbocycles. The average molecular weight is 563 g/mol. The first kappa shape index (κ1) is 29.2. The van der Waals surface area contributed by atoms with Crippen molar-refractivity contribution in [3.63, 3.8) is 0 Å². The van der Waals surface area contributed by atoms with Crippen molar-refractivity contribution in [2.45, 2.75) is 17.4 Å². The maximum Gasteiger partial charge on any atom is 0.240 e. The van der Waals surface area contributed by atoms with E-state index < -0.39 is 10.0 Å². The number of likely N-dealkylation sites (N-methyl/N-ethyl adjacent to an activating group) is 1. The Labute approximate surface area is 222 Å². The van der Waals surface area contributed by atoms with Crippen LogP contribution in [0, 0.1) is 0 Å². The molecule has 3 N–H and O–H groups in total. The van der Waals surface area contributed by atoms with Gasteiger partial charge in [0.25, 0.3) is 0 Å². The molecule has 0 bridgehead atoms. The predicted octanol–water partition coefficient (Wildman–Crippen LogP) is 2.88. The molecule has 1 aliphatic heterocycles. The number of nitrogens with one attached hydrogen (secondary N) is 2. The first-order chi connectivity index (χ1) is 17.3. The quantitative estimate of drug-likeness (QED) is 0.225. The van der Waals surface area contributed by atoms with Crippen molar-refractivity contribution in [3.05, 3.63) is 63.1 Å². The van der Waals surface area contributed by atoms with E-state index in [9.17, 15) is 8.42 Å². The first-order valence-corrected chi connectivity index (χ1v) is 13.9. The van der Waals surface area contributed by atoms with Crippen LogP contribution < -0.4 is 10.2 Å². The Kier molecular flexibility index (Phi) is 11.8. The van der Waals surface area contributed by atoms with Crippen molar-refractivity contribution in [3.8, 4) is 0 Å². The maximum atomic E-state index is 12.9. The summed E-state index contributed by atoms with van der Waals surface area (Å²) in [4.78, 5) is 2.36. The summed E-state index contributed by atoms with van der Waals surface area (Å²) < 4.78 is 44.4. The van der Waals surface area contributed by atoms with Crippen LogP contribution in [0.1, 0.15) is 22.6 Å². The van der Waals surface area contributed by atoms with Gasteiger partial charge in [0, 0.05) is 42.1 Å². The first-order valence-electron chi connectivity index (χ1n) is 11.7. The fraction of sp³-hybridized carbons (Fsp3) is 0.500. The van der Waals surface area contributed by atoms with E-state index in [1.807, 2.05) is 24.7 Å². The van der Waals surface area contributed by atoms with Gasteiger partial charge < -0.3 is 24.3 Å². The van der Waals surface area contributed by atoms with E-state index in [1.54, 1.807) is 24.3 Å². The number of benzene rings is 2. The highest BCUT2D eigenvalue weighted by Crippen LogP contribution is 2.38. The summed E-state index contributed by atoms with van der Waals surface area (Å²) >= 11 is 12.7. The van der Waals surface area contributed by atoms with Gasteiger partial charge in [0.1, 0.15) is 0 Å². The average Bonchev–Trinajstić information content (AvgIpc) is 2.85. The number of hydrogen-bond acceptors (Lipinski definition) is 8. The predicted molar refractivity (Wildman–Crippen MR) is 139 cm³/mol. The molecule has 0 fully saturated rings. The van der Waals surface area contributed by atoms with Crippen LogP contribution >= 0.6 is 23.2 Å². The van der Waals surface area contributed by atoms with E-state index in [2.05, 4.69) is 9.62 Å². The van der Waals surface area contributed by atoms with Gasteiger partial charge in [0.15, 0.2) is 0 Å². The summed E-state index contributed by atoms with van der Waals surface area (Å²) in [6.45, 7) is 4.11. The molecule has 0 aliphatic carbocycles. The lowest BCUT2D eigenvalue weighted by Gasteiger charge is -2.33. The van der Waals surface area contributed by atoms with Gasteiger partial charge in [0.2, 0.25) is 10.0 Å². The number of hydroxylamine groups is 1. The molecule has 0 saturated carbocycles. The SMILES string of the molecule is CN1Cc2c(Cl)cc(Cl)cc2C(c2cccc(S(=O)(=O)NCCOCCOCCOCCNO)c2)C1. The highest BCUT2D eigenvalue weighted by molar-refractivity contribution is 7.89. The summed E-state index contributed by atoms with van der Waals surface area (Å²) in [5, 5.41) is 9.60. The molecule has 2 aromatic rings. The van der Waals surface area contributed by atoms with Gasteiger partial charge in [0.05, 0.1) is 44.5 Å². The molecule has 200 valence electrons. The molecule has 9 nitrogen and oxygen atoms in total. The largest absolute Gasteiger partial charge is 0.378 e. The summed E-state index contributed by atoms with van der Waals surface area (Å²) in [7, 11) is -1.69. The topological polar surface area (TPSA) is 109 Å². The molecule has 0 amide bonds. The molecule has 36 heavy (non-hydrogen) atoms. The van der Waals surface area contributed by atoms with Gasteiger partial charge in [-0.3, -0.25) is 0 Å². The second-order valence-electron chi connectivity index (χ2n) is 8.42. The molecule has 0 saturated heterocycles. The van der Waals surface area contributed by atoms with E-state index in [-0.39, 0.29) is 24.0 Å². The zero-order valence-corrected chi connectivity index (χ0v) is 22.5. The summed E-state index contributed by atoms with van der Waals surface area (Å²) in [6, 6.07) is 10.6. The Morgan fingerprint density at radius 3 is 2.36 bits per heavy atom. The van der Waals surface area contributed by atoms with E-state index in [4.69, 9.17) is 42.6 Å². The molecule has 1 aliphatic rings. The summed E-state index contributed by atoms with van der Waals surface area (Å²) in [6.07, 6.45) is 0. The van der Waals surface area contributed by atoms with Crippen LogP contribution in [-0.2, 0) is 30.8 Å². The Balaban J connectivity index is 1.50. The summed E-state index contributed by atoms with van der Waals surface area (Å²) in [5.41, 5.74) is 4.92. The summed E-state index contributed by atoms with van der Waals surface area (Å²) in [5.74, 6) is -0.0508. The lowest BCUT2D eigenvalue weighted by atomic mass is 9.85. The second kappa shape index (κ2) is 14.6. The zero-order chi connectivity index (χ0) is 26.0. The van der Waals surface area contributed by atoms with Crippen LogP contribution in [0.3, 0.4) is 0 Å². The van der Waals surface area contributed by atoms with Crippen LogP contribution in [0.2, 0.25) is 10.0 Å². The van der Waals surface area contributed by atoms with Crippen molar-refractivity contribution in [1.82, 2.24) is 15.1 Å². The Morgan fingerprint density at radius 2 is 1.67 bits per heavy atom. The minimum Gasteiger partial charge on any atom is -0.378 e. The zero-order valence-electron chi connectivity index (χ0n) is 20.2. The fourth-order valence-corrected chi connectivity index (χ4v) is 5.66. The normalized spacial score (nSPS) is 16.3. The van der Waals surface area contributed by atoms with Gasteiger partial charge in [-0.2, -0.15) is 0 Å². The maximum absolute atomic E-state index is 12.9. The Morgan fingerprint density at radius 1 is 1.00 bits per heavy atom. The third-order valence-electron chi connectivity index (χ3n) is 5.70. The van der Waals surface area contributed by atoms with Crippen molar-refractivity contribution in [2.75, 3.05) is 66.3 Å². The van der Waals surface area contributed by atoms with E-state index in [1.165, 1.54) is 0 Å². The smallest absolute Gasteiger partial charge is 0.240 e. The van der Waals surface area contributed by atoms with Crippen molar-refractivity contribution in [2.24, 2.45) is 0 Å². The third-order valence-corrected chi connectivity index (χ3v) is 7.72. The molecule has 1 atom stereocenters.